The average Bonchev–Trinajstić information content (AvgIpc) is 2.59. The quantitative estimate of drug-likeness (QED) is 0.551. The molecule has 1 aromatic carbocycles. The highest BCUT2D eigenvalue weighted by Gasteiger charge is 2.49. The van der Waals surface area contributed by atoms with Crippen molar-refractivity contribution in [2.75, 3.05) is 7.11 Å². The molecule has 150 valence electrons. The maximum absolute atomic E-state index is 12.8. The van der Waals surface area contributed by atoms with E-state index >= 15 is 0 Å². The lowest BCUT2D eigenvalue weighted by Gasteiger charge is -2.21. The van der Waals surface area contributed by atoms with Crippen molar-refractivity contribution in [2.45, 2.75) is 31.7 Å². The van der Waals surface area contributed by atoms with Gasteiger partial charge in [0.15, 0.2) is 0 Å². The molecule has 28 heavy (non-hydrogen) atoms. The van der Waals surface area contributed by atoms with Crippen LogP contribution in [-0.2, 0) is 15.5 Å². The van der Waals surface area contributed by atoms with Crippen LogP contribution in [-0.4, -0.2) is 26.0 Å². The van der Waals surface area contributed by atoms with Crippen molar-refractivity contribution in [3.05, 3.63) is 41.6 Å². The topological polar surface area (TPSA) is 89.3 Å². The van der Waals surface area contributed by atoms with Crippen molar-refractivity contribution in [1.82, 2.24) is 4.98 Å². The van der Waals surface area contributed by atoms with E-state index in [0.29, 0.717) is 11.3 Å². The Bertz CT molecular complexity index is 1040. The van der Waals surface area contributed by atoms with Crippen LogP contribution in [0.3, 0.4) is 0 Å². The number of aromatic nitrogens is 1. The molecule has 0 atom stereocenters. The molecule has 1 heterocycles. The van der Waals surface area contributed by atoms with E-state index in [1.165, 1.54) is 13.2 Å². The Hall–Kier alpha value is -2.80. The molecule has 0 fully saturated rings. The van der Waals surface area contributed by atoms with E-state index in [4.69, 9.17) is 4.74 Å². The number of hydrogen-bond acceptors (Lipinski definition) is 6. The molecule has 2 aromatic rings. The van der Waals surface area contributed by atoms with Crippen LogP contribution in [0.4, 0.5) is 13.2 Å². The fourth-order valence-electron chi connectivity index (χ4n) is 2.24. The highest BCUT2D eigenvalue weighted by molar-refractivity contribution is 7.87. The van der Waals surface area contributed by atoms with Crippen LogP contribution >= 0.6 is 0 Å². The van der Waals surface area contributed by atoms with E-state index in [0.717, 1.165) is 0 Å². The van der Waals surface area contributed by atoms with Gasteiger partial charge >= 0.3 is 15.6 Å². The first-order valence-corrected chi connectivity index (χ1v) is 9.32. The van der Waals surface area contributed by atoms with E-state index < -0.39 is 32.5 Å². The summed E-state index contributed by atoms with van der Waals surface area (Å²) in [5, 5.41) is 9.50. The first-order valence-electron chi connectivity index (χ1n) is 7.91. The van der Waals surface area contributed by atoms with Gasteiger partial charge in [-0.25, -0.2) is 4.98 Å². The predicted octanol–water partition coefficient (Wildman–Crippen LogP) is 4.15. The van der Waals surface area contributed by atoms with Gasteiger partial charge in [-0.3, -0.25) is 0 Å². The summed E-state index contributed by atoms with van der Waals surface area (Å²) in [7, 11) is -4.56. The summed E-state index contributed by atoms with van der Waals surface area (Å²) < 4.78 is 70.6. The summed E-state index contributed by atoms with van der Waals surface area (Å²) in [6.07, 6.45) is 0. The van der Waals surface area contributed by atoms with Gasteiger partial charge in [-0.15, -0.1) is 0 Å². The SMILES string of the molecule is COc1cccc(-c2cc(C(C)(C)C)nc(OS(=O)(=O)C(F)(F)F)c2C#N)c1. The Labute approximate surface area is 160 Å². The van der Waals surface area contributed by atoms with E-state index in [-0.39, 0.29) is 11.3 Å². The van der Waals surface area contributed by atoms with Crippen LogP contribution < -0.4 is 8.92 Å². The minimum atomic E-state index is -6.00. The van der Waals surface area contributed by atoms with Gasteiger partial charge < -0.3 is 8.92 Å². The fraction of sp³-hybridized carbons (Fsp3) is 0.333. The molecule has 1 aromatic heterocycles. The number of alkyl halides is 3. The molecule has 0 aliphatic rings. The molecule has 0 saturated heterocycles. The van der Waals surface area contributed by atoms with Gasteiger partial charge in [-0.2, -0.15) is 26.9 Å². The summed E-state index contributed by atoms with van der Waals surface area (Å²) >= 11 is 0. The zero-order chi connectivity index (χ0) is 21.3. The smallest absolute Gasteiger partial charge is 0.497 e. The van der Waals surface area contributed by atoms with Crippen LogP contribution in [0.5, 0.6) is 11.6 Å². The van der Waals surface area contributed by atoms with Crippen molar-refractivity contribution in [2.24, 2.45) is 0 Å². The lowest BCUT2D eigenvalue weighted by atomic mass is 9.88. The second kappa shape index (κ2) is 7.31. The van der Waals surface area contributed by atoms with Crippen LogP contribution in [0.15, 0.2) is 30.3 Å². The first-order chi connectivity index (χ1) is 12.8. The highest BCUT2D eigenvalue weighted by atomic mass is 32.2. The van der Waals surface area contributed by atoms with E-state index in [9.17, 15) is 26.9 Å². The molecule has 0 aliphatic carbocycles. The Morgan fingerprint density at radius 3 is 2.29 bits per heavy atom. The Morgan fingerprint density at radius 1 is 1.14 bits per heavy atom. The van der Waals surface area contributed by atoms with Crippen molar-refractivity contribution in [3.8, 4) is 28.8 Å². The highest BCUT2D eigenvalue weighted by Crippen LogP contribution is 2.37. The minimum absolute atomic E-state index is 0.175. The van der Waals surface area contributed by atoms with E-state index in [2.05, 4.69) is 9.17 Å². The molecule has 0 saturated carbocycles. The van der Waals surface area contributed by atoms with Crippen molar-refractivity contribution < 1.29 is 30.5 Å². The average molecular weight is 414 g/mol. The number of nitrogens with zero attached hydrogens (tertiary/aromatic N) is 2. The molecule has 0 amide bonds. The van der Waals surface area contributed by atoms with Gasteiger partial charge in [0.1, 0.15) is 17.4 Å². The zero-order valence-corrected chi connectivity index (χ0v) is 16.3. The minimum Gasteiger partial charge on any atom is -0.497 e. The number of methoxy groups -OCH3 is 1. The second-order valence-electron chi connectivity index (χ2n) is 6.81. The van der Waals surface area contributed by atoms with Crippen molar-refractivity contribution >= 4 is 10.1 Å². The normalized spacial score (nSPS) is 12.4. The number of pyridine rings is 1. The largest absolute Gasteiger partial charge is 0.534 e. The van der Waals surface area contributed by atoms with Crippen LogP contribution in [0, 0.1) is 11.3 Å². The Kier molecular flexibility index (Phi) is 5.62. The van der Waals surface area contributed by atoms with Crippen molar-refractivity contribution in [1.29, 1.82) is 5.26 Å². The van der Waals surface area contributed by atoms with Gasteiger partial charge in [0, 0.05) is 11.0 Å². The third kappa shape index (κ3) is 4.36. The van der Waals surface area contributed by atoms with Gasteiger partial charge in [-0.05, 0) is 23.8 Å². The molecule has 0 bridgehead atoms. The number of ether oxygens (including phenoxy) is 1. The van der Waals surface area contributed by atoms with Gasteiger partial charge in [-0.1, -0.05) is 32.9 Å². The molecule has 0 unspecified atom stereocenters. The zero-order valence-electron chi connectivity index (χ0n) is 15.5. The summed E-state index contributed by atoms with van der Waals surface area (Å²) in [4.78, 5) is 3.89. The molecular formula is C18H17F3N2O4S. The summed E-state index contributed by atoms with van der Waals surface area (Å²) in [6.45, 7) is 5.20. The molecule has 2 rings (SSSR count). The lowest BCUT2D eigenvalue weighted by Crippen LogP contribution is -2.29. The summed E-state index contributed by atoms with van der Waals surface area (Å²) in [6, 6.07) is 9.64. The van der Waals surface area contributed by atoms with Gasteiger partial charge in [0.05, 0.1) is 12.8 Å². The number of hydrogen-bond donors (Lipinski definition) is 0. The standard InChI is InChI=1S/C18H17F3N2O4S/c1-17(2,3)15-9-13(11-6-5-7-12(8-11)26-4)14(10-22)16(23-15)27-28(24,25)18(19,20)21/h5-9H,1-4H3. The third-order valence-electron chi connectivity index (χ3n) is 3.72. The molecule has 0 radical (unpaired) electrons. The summed E-state index contributed by atoms with van der Waals surface area (Å²) in [5.74, 6) is -0.481. The Balaban J connectivity index is 2.80. The molecule has 6 nitrogen and oxygen atoms in total. The molecular weight excluding hydrogens is 397 g/mol. The molecule has 0 aliphatic heterocycles. The van der Waals surface area contributed by atoms with Gasteiger partial charge in [0.2, 0.25) is 0 Å². The molecule has 10 heteroatoms. The third-order valence-corrected chi connectivity index (χ3v) is 4.66. The number of rotatable bonds is 4. The van der Waals surface area contributed by atoms with Gasteiger partial charge in [0.25, 0.3) is 5.88 Å². The van der Waals surface area contributed by atoms with Crippen molar-refractivity contribution in [3.63, 3.8) is 0 Å². The van der Waals surface area contributed by atoms with Crippen LogP contribution in [0.25, 0.3) is 11.1 Å². The van der Waals surface area contributed by atoms with E-state index in [1.807, 2.05) is 0 Å². The predicted molar refractivity (Wildman–Crippen MR) is 95.2 cm³/mol. The number of benzene rings is 1. The first kappa shape index (κ1) is 21.5. The fourth-order valence-corrected chi connectivity index (χ4v) is 2.67. The number of nitriles is 1. The monoisotopic (exact) mass is 414 g/mol. The van der Waals surface area contributed by atoms with E-state index in [1.54, 1.807) is 51.1 Å². The summed E-state index contributed by atoms with van der Waals surface area (Å²) in [5.41, 5.74) is -5.91. The maximum atomic E-state index is 12.8. The maximum Gasteiger partial charge on any atom is 0.534 e. The molecule has 0 spiro atoms. The van der Waals surface area contributed by atoms with Crippen LogP contribution in [0.2, 0.25) is 0 Å². The van der Waals surface area contributed by atoms with Crippen LogP contribution in [0.1, 0.15) is 32.0 Å². The Morgan fingerprint density at radius 2 is 1.79 bits per heavy atom. The number of halogens is 3. The molecule has 0 N–H and O–H groups in total. The lowest BCUT2D eigenvalue weighted by molar-refractivity contribution is -0.0501. The second-order valence-corrected chi connectivity index (χ2v) is 8.35.